The minimum Gasteiger partial charge on any atom is -0.484 e. The molecule has 2 aromatic carbocycles. The molecule has 0 bridgehead atoms. The normalized spacial score (nSPS) is 11.5. The molecule has 0 saturated heterocycles. The number of ether oxygens (including phenoxy) is 1. The van der Waals surface area contributed by atoms with Crippen LogP contribution >= 0.6 is 11.6 Å². The van der Waals surface area contributed by atoms with Gasteiger partial charge in [-0.2, -0.15) is 0 Å². The van der Waals surface area contributed by atoms with Gasteiger partial charge in [-0.15, -0.1) is 0 Å². The predicted octanol–water partition coefficient (Wildman–Crippen LogP) is 2.24. The molecule has 2 aromatic rings. The number of hydrogen-bond acceptors (Lipinski definition) is 4. The molecule has 144 valence electrons. The lowest BCUT2D eigenvalue weighted by molar-refractivity contribution is -0.142. The Hall–Kier alpha value is -2.57. The average Bonchev–Trinajstić information content (AvgIpc) is 2.70. The van der Waals surface area contributed by atoms with Gasteiger partial charge in [0.15, 0.2) is 6.61 Å². The van der Waals surface area contributed by atoms with Crippen molar-refractivity contribution in [2.75, 3.05) is 19.8 Å². The first-order valence-electron chi connectivity index (χ1n) is 8.61. The van der Waals surface area contributed by atoms with Crippen LogP contribution in [0.3, 0.4) is 0 Å². The maximum absolute atomic E-state index is 12.8. The van der Waals surface area contributed by atoms with E-state index in [4.69, 9.17) is 21.4 Å². The van der Waals surface area contributed by atoms with Gasteiger partial charge in [0.25, 0.3) is 5.91 Å². The highest BCUT2D eigenvalue weighted by Crippen LogP contribution is 2.15. The van der Waals surface area contributed by atoms with Crippen LogP contribution in [0, 0.1) is 0 Å². The third-order valence-electron chi connectivity index (χ3n) is 3.95. The van der Waals surface area contributed by atoms with E-state index in [-0.39, 0.29) is 38.1 Å². The molecule has 0 aliphatic carbocycles. The number of benzene rings is 2. The molecular formula is C20H23ClN2O4. The molecule has 2 rings (SSSR count). The van der Waals surface area contributed by atoms with Gasteiger partial charge in [-0.1, -0.05) is 41.9 Å². The molecule has 0 heterocycles. The quantitative estimate of drug-likeness (QED) is 0.688. The second kappa shape index (κ2) is 10.5. The first-order valence-corrected chi connectivity index (χ1v) is 8.99. The van der Waals surface area contributed by atoms with Crippen molar-refractivity contribution in [3.8, 4) is 5.75 Å². The van der Waals surface area contributed by atoms with Crippen molar-refractivity contribution in [1.29, 1.82) is 0 Å². The zero-order valence-electron chi connectivity index (χ0n) is 15.1. The number of para-hydroxylation sites is 1. The predicted molar refractivity (Wildman–Crippen MR) is 103 cm³/mol. The van der Waals surface area contributed by atoms with Crippen LogP contribution in [0.15, 0.2) is 54.6 Å². The maximum atomic E-state index is 12.8. The Morgan fingerprint density at radius 2 is 1.81 bits per heavy atom. The summed E-state index contributed by atoms with van der Waals surface area (Å²) in [5, 5.41) is 12.1. The first kappa shape index (κ1) is 20.7. The van der Waals surface area contributed by atoms with E-state index in [9.17, 15) is 9.59 Å². The summed E-state index contributed by atoms with van der Waals surface area (Å²) in [4.78, 5) is 26.5. The van der Waals surface area contributed by atoms with Crippen molar-refractivity contribution in [3.63, 3.8) is 0 Å². The second-order valence-corrected chi connectivity index (χ2v) is 6.38. The monoisotopic (exact) mass is 390 g/mol. The second-order valence-electron chi connectivity index (χ2n) is 5.94. The maximum Gasteiger partial charge on any atom is 0.261 e. The van der Waals surface area contributed by atoms with Crippen molar-refractivity contribution in [2.45, 2.75) is 19.5 Å². The summed E-state index contributed by atoms with van der Waals surface area (Å²) in [5.74, 6) is -0.0822. The summed E-state index contributed by atoms with van der Waals surface area (Å²) < 4.78 is 5.53. The number of amides is 2. The van der Waals surface area contributed by atoms with Gasteiger partial charge in [-0.05, 0) is 36.8 Å². The van der Waals surface area contributed by atoms with E-state index >= 15 is 0 Å². The van der Waals surface area contributed by atoms with Gasteiger partial charge in [0.2, 0.25) is 5.91 Å². The molecule has 0 aromatic heterocycles. The molecule has 0 fully saturated rings. The van der Waals surface area contributed by atoms with Crippen LogP contribution < -0.4 is 10.1 Å². The number of nitrogens with zero attached hydrogens (tertiary/aromatic N) is 1. The molecule has 27 heavy (non-hydrogen) atoms. The highest BCUT2D eigenvalue weighted by atomic mass is 35.5. The number of hydrogen-bond donors (Lipinski definition) is 2. The Kier molecular flexibility index (Phi) is 8.10. The van der Waals surface area contributed by atoms with E-state index in [1.54, 1.807) is 43.3 Å². The van der Waals surface area contributed by atoms with Crippen LogP contribution in [0.4, 0.5) is 0 Å². The van der Waals surface area contributed by atoms with E-state index in [0.717, 1.165) is 5.56 Å². The van der Waals surface area contributed by atoms with Gasteiger partial charge in [0.05, 0.1) is 6.61 Å². The molecule has 0 saturated carbocycles. The van der Waals surface area contributed by atoms with Crippen LogP contribution in [-0.4, -0.2) is 47.6 Å². The lowest BCUT2D eigenvalue weighted by Crippen LogP contribution is -2.49. The Balaban J connectivity index is 2.10. The van der Waals surface area contributed by atoms with E-state index in [2.05, 4.69) is 5.32 Å². The third kappa shape index (κ3) is 6.58. The molecule has 0 spiro atoms. The van der Waals surface area contributed by atoms with Gasteiger partial charge in [0.1, 0.15) is 11.8 Å². The van der Waals surface area contributed by atoms with Gasteiger partial charge in [0, 0.05) is 18.1 Å². The van der Waals surface area contributed by atoms with Crippen LogP contribution in [-0.2, 0) is 16.1 Å². The number of nitrogens with one attached hydrogen (secondary N) is 1. The fourth-order valence-corrected chi connectivity index (χ4v) is 2.57. The molecule has 2 N–H and O–H groups in total. The van der Waals surface area contributed by atoms with Crippen molar-refractivity contribution in [2.24, 2.45) is 0 Å². The fourth-order valence-electron chi connectivity index (χ4n) is 2.44. The van der Waals surface area contributed by atoms with Crippen LogP contribution in [0.25, 0.3) is 0 Å². The SMILES string of the molecule is C[C@@H](C(=O)NCCO)N(Cc1ccc(Cl)cc1)C(=O)COc1ccccc1. The standard InChI is InChI=1S/C20H23ClN2O4/c1-15(20(26)22-11-12-24)23(13-16-7-9-17(21)10-8-16)19(25)14-27-18-5-3-2-4-6-18/h2-10,15,24H,11-14H2,1H3,(H,22,26)/t15-/m0/s1. The van der Waals surface area contributed by atoms with Crippen molar-refractivity contribution in [3.05, 3.63) is 65.2 Å². The molecule has 0 unspecified atom stereocenters. The minimum atomic E-state index is -0.723. The minimum absolute atomic E-state index is 0.132. The van der Waals surface area contributed by atoms with Gasteiger partial charge in [-0.25, -0.2) is 0 Å². The number of halogens is 1. The molecule has 0 radical (unpaired) electrons. The Bertz CT molecular complexity index is 737. The van der Waals surface area contributed by atoms with E-state index < -0.39 is 6.04 Å². The summed E-state index contributed by atoms with van der Waals surface area (Å²) in [6.07, 6.45) is 0. The van der Waals surface area contributed by atoms with E-state index in [0.29, 0.717) is 10.8 Å². The molecule has 0 aliphatic rings. The first-order chi connectivity index (χ1) is 13.0. The number of carbonyl (C=O) groups excluding carboxylic acids is 2. The van der Waals surface area contributed by atoms with Crippen molar-refractivity contribution < 1.29 is 19.4 Å². The van der Waals surface area contributed by atoms with Crippen molar-refractivity contribution >= 4 is 23.4 Å². The van der Waals surface area contributed by atoms with E-state index in [1.807, 2.05) is 18.2 Å². The Morgan fingerprint density at radius 1 is 1.15 bits per heavy atom. The van der Waals surface area contributed by atoms with Gasteiger partial charge in [-0.3, -0.25) is 9.59 Å². The van der Waals surface area contributed by atoms with Crippen LogP contribution in [0.2, 0.25) is 5.02 Å². The molecule has 7 heteroatoms. The van der Waals surface area contributed by atoms with Gasteiger partial charge >= 0.3 is 0 Å². The van der Waals surface area contributed by atoms with E-state index in [1.165, 1.54) is 4.90 Å². The zero-order valence-corrected chi connectivity index (χ0v) is 15.9. The van der Waals surface area contributed by atoms with Gasteiger partial charge < -0.3 is 20.1 Å². The largest absolute Gasteiger partial charge is 0.484 e. The van der Waals surface area contributed by atoms with Crippen LogP contribution in [0.5, 0.6) is 5.75 Å². The molecule has 1 atom stereocenters. The number of rotatable bonds is 9. The lowest BCUT2D eigenvalue weighted by Gasteiger charge is -2.28. The Morgan fingerprint density at radius 3 is 2.44 bits per heavy atom. The topological polar surface area (TPSA) is 78.9 Å². The summed E-state index contributed by atoms with van der Waals surface area (Å²) in [6, 6.07) is 15.4. The summed E-state index contributed by atoms with van der Waals surface area (Å²) in [7, 11) is 0. The molecule has 2 amide bonds. The number of aliphatic hydroxyl groups excluding tert-OH is 1. The average molecular weight is 391 g/mol. The summed E-state index contributed by atoms with van der Waals surface area (Å²) in [6.45, 7) is 1.66. The Labute approximate surface area is 163 Å². The lowest BCUT2D eigenvalue weighted by atomic mass is 10.1. The molecule has 0 aliphatic heterocycles. The molecule has 6 nitrogen and oxygen atoms in total. The summed E-state index contributed by atoms with van der Waals surface area (Å²) in [5.41, 5.74) is 0.842. The highest BCUT2D eigenvalue weighted by Gasteiger charge is 2.26. The van der Waals surface area contributed by atoms with Crippen LogP contribution in [0.1, 0.15) is 12.5 Å². The third-order valence-corrected chi connectivity index (χ3v) is 4.20. The van der Waals surface area contributed by atoms with Crippen molar-refractivity contribution in [1.82, 2.24) is 10.2 Å². The fraction of sp³-hybridized carbons (Fsp3) is 0.300. The smallest absolute Gasteiger partial charge is 0.261 e. The zero-order chi connectivity index (χ0) is 19.6. The number of aliphatic hydroxyl groups is 1. The molecular weight excluding hydrogens is 368 g/mol. The summed E-state index contributed by atoms with van der Waals surface area (Å²) >= 11 is 5.91. The number of carbonyl (C=O) groups is 2. The highest BCUT2D eigenvalue weighted by molar-refractivity contribution is 6.30.